The van der Waals surface area contributed by atoms with Gasteiger partial charge >= 0.3 is 6.09 Å². The van der Waals surface area contributed by atoms with E-state index in [0.717, 1.165) is 6.29 Å². The van der Waals surface area contributed by atoms with Gasteiger partial charge in [0.05, 0.1) is 12.1 Å². The SMILES string of the molecule is CC(C)(C)OC(=O)N1C[C@H](O[Si](C)(C)C(C)(C)C)C[C@H]1c1nc2c(F)c3c(c(F)c2[nH]1)CC(C=O)C3. The van der Waals surface area contributed by atoms with E-state index in [4.69, 9.17) is 9.16 Å². The van der Waals surface area contributed by atoms with Crippen molar-refractivity contribution in [1.82, 2.24) is 14.9 Å². The van der Waals surface area contributed by atoms with Crippen LogP contribution in [0.25, 0.3) is 11.0 Å². The van der Waals surface area contributed by atoms with E-state index in [0.29, 0.717) is 18.8 Å². The monoisotopic (exact) mass is 521 g/mol. The number of halogens is 2. The van der Waals surface area contributed by atoms with Crippen molar-refractivity contribution in [3.05, 3.63) is 28.6 Å². The molecule has 0 saturated carbocycles. The van der Waals surface area contributed by atoms with Crippen molar-refractivity contribution in [2.24, 2.45) is 5.92 Å². The van der Waals surface area contributed by atoms with Gasteiger partial charge in [-0.25, -0.2) is 18.6 Å². The number of H-pyrrole nitrogens is 1. The fraction of sp³-hybridized carbons (Fsp3) is 0.654. The number of likely N-dealkylation sites (tertiary alicyclic amines) is 1. The normalized spacial score (nSPS) is 21.3. The van der Waals surface area contributed by atoms with Crippen molar-refractivity contribution in [2.75, 3.05) is 6.54 Å². The predicted octanol–water partition coefficient (Wildman–Crippen LogP) is 5.83. The van der Waals surface area contributed by atoms with Crippen LogP contribution in [0, 0.1) is 17.6 Å². The van der Waals surface area contributed by atoms with Gasteiger partial charge in [-0.15, -0.1) is 0 Å². The molecule has 4 rings (SSSR count). The van der Waals surface area contributed by atoms with Gasteiger partial charge in [0, 0.05) is 18.9 Å². The molecule has 1 N–H and O–H groups in total. The number of aromatic amines is 1. The Morgan fingerprint density at radius 3 is 2.28 bits per heavy atom. The standard InChI is InChI=1S/C26H37F2N3O4Si/c1-25(2,3)34-24(33)31-12-15(35-36(7,8)26(4,5)6)11-18(31)23-29-21-19(27)16-9-14(13-32)10-17(16)20(28)22(21)30-23/h13-15,18H,9-12H2,1-8H3,(H,29,30)/t15-,18+/m1/s1. The zero-order valence-corrected chi connectivity index (χ0v) is 23.4. The third kappa shape index (κ3) is 4.81. The Bertz CT molecular complexity index is 1150. The maximum Gasteiger partial charge on any atom is 0.411 e. The summed E-state index contributed by atoms with van der Waals surface area (Å²) < 4.78 is 43.0. The molecule has 2 aliphatic rings. The van der Waals surface area contributed by atoms with E-state index in [2.05, 4.69) is 43.8 Å². The lowest BCUT2D eigenvalue weighted by molar-refractivity contribution is -0.110. The van der Waals surface area contributed by atoms with Gasteiger partial charge in [0.2, 0.25) is 0 Å². The van der Waals surface area contributed by atoms with Gasteiger partial charge in [0.1, 0.15) is 28.7 Å². The van der Waals surface area contributed by atoms with Crippen molar-refractivity contribution in [3.63, 3.8) is 0 Å². The molecule has 1 aliphatic carbocycles. The number of hydrogen-bond donors (Lipinski definition) is 1. The molecule has 0 spiro atoms. The lowest BCUT2D eigenvalue weighted by Crippen LogP contribution is -2.45. The van der Waals surface area contributed by atoms with E-state index in [-0.39, 0.29) is 46.1 Å². The molecule has 1 aromatic heterocycles. The average Bonchev–Trinajstić information content (AvgIpc) is 3.46. The first-order valence-electron chi connectivity index (χ1n) is 12.5. The minimum atomic E-state index is -2.14. The van der Waals surface area contributed by atoms with E-state index < -0.39 is 43.6 Å². The zero-order valence-electron chi connectivity index (χ0n) is 22.4. The van der Waals surface area contributed by atoms with Gasteiger partial charge in [0.25, 0.3) is 0 Å². The summed E-state index contributed by atoms with van der Waals surface area (Å²) in [7, 11) is -2.14. The number of carbonyl (C=O) groups is 2. The summed E-state index contributed by atoms with van der Waals surface area (Å²) in [6.45, 7) is 16.4. The Morgan fingerprint density at radius 1 is 1.11 bits per heavy atom. The first kappa shape index (κ1) is 26.7. The number of fused-ring (bicyclic) bond motifs is 2. The number of benzene rings is 1. The third-order valence-corrected chi connectivity index (χ3v) is 12.2. The summed E-state index contributed by atoms with van der Waals surface area (Å²) in [4.78, 5) is 33.3. The molecule has 7 nitrogen and oxygen atoms in total. The number of aromatic nitrogens is 2. The molecular formula is C26H37F2N3O4Si. The molecule has 1 aromatic carbocycles. The first-order chi connectivity index (χ1) is 16.5. The number of imidazole rings is 1. The largest absolute Gasteiger partial charge is 0.444 e. The van der Waals surface area contributed by atoms with Crippen LogP contribution in [0.2, 0.25) is 18.1 Å². The fourth-order valence-electron chi connectivity index (χ4n) is 4.80. The predicted molar refractivity (Wildman–Crippen MR) is 135 cm³/mol. The van der Waals surface area contributed by atoms with Crippen LogP contribution in [0.15, 0.2) is 0 Å². The van der Waals surface area contributed by atoms with Crippen molar-refractivity contribution < 1.29 is 27.5 Å². The number of nitrogens with zero attached hydrogens (tertiary/aromatic N) is 2. The smallest absolute Gasteiger partial charge is 0.411 e. The van der Waals surface area contributed by atoms with E-state index in [1.165, 1.54) is 0 Å². The fourth-order valence-corrected chi connectivity index (χ4v) is 6.16. The number of carbonyl (C=O) groups excluding carboxylic acids is 2. The zero-order chi connectivity index (χ0) is 26.8. The van der Waals surface area contributed by atoms with Crippen LogP contribution in [0.4, 0.5) is 13.6 Å². The van der Waals surface area contributed by atoms with E-state index >= 15 is 8.78 Å². The van der Waals surface area contributed by atoms with E-state index in [9.17, 15) is 9.59 Å². The highest BCUT2D eigenvalue weighted by atomic mass is 28.4. The summed E-state index contributed by atoms with van der Waals surface area (Å²) >= 11 is 0. The van der Waals surface area contributed by atoms with Gasteiger partial charge in [-0.1, -0.05) is 20.8 Å². The Balaban J connectivity index is 1.72. The van der Waals surface area contributed by atoms with Crippen LogP contribution in [0.3, 0.4) is 0 Å². The maximum atomic E-state index is 15.4. The second kappa shape index (κ2) is 8.90. The molecule has 1 amide bonds. The lowest BCUT2D eigenvalue weighted by atomic mass is 10.1. The molecule has 36 heavy (non-hydrogen) atoms. The highest BCUT2D eigenvalue weighted by Gasteiger charge is 2.46. The molecule has 0 bridgehead atoms. The molecular weight excluding hydrogens is 484 g/mol. The van der Waals surface area contributed by atoms with Gasteiger partial charge in [-0.2, -0.15) is 0 Å². The van der Waals surface area contributed by atoms with Crippen LogP contribution < -0.4 is 0 Å². The summed E-state index contributed by atoms with van der Waals surface area (Å²) in [6, 6.07) is -0.585. The molecule has 2 heterocycles. The van der Waals surface area contributed by atoms with Crippen molar-refractivity contribution in [1.29, 1.82) is 0 Å². The number of aldehydes is 1. The van der Waals surface area contributed by atoms with E-state index in [1.54, 1.807) is 25.7 Å². The summed E-state index contributed by atoms with van der Waals surface area (Å²) in [5.74, 6) is -1.32. The van der Waals surface area contributed by atoms with Crippen molar-refractivity contribution >= 4 is 31.7 Å². The molecule has 10 heteroatoms. The Morgan fingerprint density at radius 2 is 1.72 bits per heavy atom. The molecule has 1 fully saturated rings. The Hall–Kier alpha value is -2.33. The minimum Gasteiger partial charge on any atom is -0.444 e. The van der Waals surface area contributed by atoms with Crippen LogP contribution in [-0.4, -0.2) is 53.8 Å². The second-order valence-electron chi connectivity index (χ2n) is 12.6. The van der Waals surface area contributed by atoms with E-state index in [1.807, 2.05) is 0 Å². The first-order valence-corrected chi connectivity index (χ1v) is 15.4. The average molecular weight is 522 g/mol. The molecule has 3 atom stereocenters. The molecule has 198 valence electrons. The van der Waals surface area contributed by atoms with Crippen molar-refractivity contribution in [2.45, 2.75) is 96.7 Å². The third-order valence-electron chi connectivity index (χ3n) is 7.64. The summed E-state index contributed by atoms with van der Waals surface area (Å²) in [5.41, 5.74) is -0.412. The molecule has 0 radical (unpaired) electrons. The summed E-state index contributed by atoms with van der Waals surface area (Å²) in [6.07, 6.45) is 0.724. The Kier molecular flexibility index (Phi) is 6.61. The number of rotatable bonds is 4. The number of amides is 1. The number of ether oxygens (including phenoxy) is 1. The lowest BCUT2D eigenvalue weighted by Gasteiger charge is -2.38. The van der Waals surface area contributed by atoms with Crippen LogP contribution in [0.1, 0.15) is 71.0 Å². The maximum absolute atomic E-state index is 15.4. The molecule has 1 unspecified atom stereocenters. The van der Waals surface area contributed by atoms with Crippen molar-refractivity contribution in [3.8, 4) is 0 Å². The molecule has 1 aliphatic heterocycles. The van der Waals surface area contributed by atoms with Crippen LogP contribution in [0.5, 0.6) is 0 Å². The minimum absolute atomic E-state index is 0.0204. The van der Waals surface area contributed by atoms with Gasteiger partial charge in [-0.05, 0) is 62.9 Å². The second-order valence-corrected chi connectivity index (χ2v) is 17.4. The highest BCUT2D eigenvalue weighted by Crippen LogP contribution is 2.42. The highest BCUT2D eigenvalue weighted by molar-refractivity contribution is 6.74. The van der Waals surface area contributed by atoms with Gasteiger partial charge < -0.3 is 18.9 Å². The van der Waals surface area contributed by atoms with Gasteiger partial charge in [0.15, 0.2) is 20.0 Å². The van der Waals surface area contributed by atoms with Crippen LogP contribution in [-0.2, 0) is 26.8 Å². The number of nitrogens with one attached hydrogen (secondary N) is 1. The Labute approximate surface area is 212 Å². The molecule has 2 aromatic rings. The molecule has 1 saturated heterocycles. The summed E-state index contributed by atoms with van der Waals surface area (Å²) in [5, 5.41) is -0.0204. The van der Waals surface area contributed by atoms with Gasteiger partial charge in [-0.3, -0.25) is 4.90 Å². The van der Waals surface area contributed by atoms with Crippen LogP contribution >= 0.6 is 0 Å². The topological polar surface area (TPSA) is 84.5 Å². The quantitative estimate of drug-likeness (QED) is 0.404. The number of hydrogen-bond acceptors (Lipinski definition) is 5.